The average molecular weight is 459 g/mol. The fourth-order valence-electron chi connectivity index (χ4n) is 4.24. The molecule has 7 nitrogen and oxygen atoms in total. The van der Waals surface area contributed by atoms with Crippen molar-refractivity contribution >= 4 is 15.9 Å². The Balaban J connectivity index is 1.16. The van der Waals surface area contributed by atoms with Gasteiger partial charge in [0.1, 0.15) is 13.2 Å². The molecule has 0 saturated heterocycles. The molecule has 8 heteroatoms. The van der Waals surface area contributed by atoms with E-state index in [0.29, 0.717) is 44.1 Å². The molecule has 32 heavy (non-hydrogen) atoms. The lowest BCUT2D eigenvalue weighted by Gasteiger charge is -2.26. The lowest BCUT2D eigenvalue weighted by atomic mass is 9.87. The molecule has 0 aromatic heterocycles. The number of ether oxygens (including phenoxy) is 2. The van der Waals surface area contributed by atoms with E-state index in [1.807, 2.05) is 12.1 Å². The SMILES string of the molecule is O=C(CCCCCNS(=O)(=O)c1ccc2c(c1)OCCO2)NC1CCCc2ccccc21. The van der Waals surface area contributed by atoms with Crippen LogP contribution in [0.4, 0.5) is 0 Å². The fraction of sp³-hybridized carbons (Fsp3) is 0.458. The summed E-state index contributed by atoms with van der Waals surface area (Å²) in [4.78, 5) is 12.5. The lowest BCUT2D eigenvalue weighted by Crippen LogP contribution is -2.30. The van der Waals surface area contributed by atoms with Gasteiger partial charge in [0.2, 0.25) is 15.9 Å². The van der Waals surface area contributed by atoms with Crippen molar-refractivity contribution in [3.05, 3.63) is 53.6 Å². The van der Waals surface area contributed by atoms with Gasteiger partial charge in [-0.15, -0.1) is 0 Å². The number of rotatable bonds is 9. The molecular formula is C24H30N2O5S. The molecule has 4 rings (SSSR count). The Labute approximate surface area is 189 Å². The van der Waals surface area contributed by atoms with Crippen molar-refractivity contribution in [2.24, 2.45) is 0 Å². The first-order chi connectivity index (χ1) is 15.5. The second kappa shape index (κ2) is 10.4. The number of hydrogen-bond acceptors (Lipinski definition) is 5. The number of carbonyl (C=O) groups excluding carboxylic acids is 1. The predicted molar refractivity (Wildman–Crippen MR) is 121 cm³/mol. The van der Waals surface area contributed by atoms with Crippen LogP contribution in [0.1, 0.15) is 55.7 Å². The summed E-state index contributed by atoms with van der Waals surface area (Å²) in [5, 5.41) is 3.16. The zero-order valence-corrected chi connectivity index (χ0v) is 19.0. The zero-order valence-electron chi connectivity index (χ0n) is 18.1. The first-order valence-electron chi connectivity index (χ1n) is 11.3. The van der Waals surface area contributed by atoms with Gasteiger partial charge in [0.25, 0.3) is 0 Å². The molecule has 1 atom stereocenters. The van der Waals surface area contributed by atoms with Gasteiger partial charge in [-0.05, 0) is 55.4 Å². The number of carbonyl (C=O) groups is 1. The van der Waals surface area contributed by atoms with Crippen LogP contribution >= 0.6 is 0 Å². The number of sulfonamides is 1. The minimum absolute atomic E-state index is 0.0589. The van der Waals surface area contributed by atoms with Gasteiger partial charge in [0, 0.05) is 19.0 Å². The predicted octanol–water partition coefficient (Wildman–Crippen LogP) is 3.49. The monoisotopic (exact) mass is 458 g/mol. The third kappa shape index (κ3) is 5.61. The quantitative estimate of drug-likeness (QED) is 0.561. The van der Waals surface area contributed by atoms with Crippen molar-refractivity contribution in [3.63, 3.8) is 0 Å². The summed E-state index contributed by atoms with van der Waals surface area (Å²) in [7, 11) is -3.61. The number of amides is 1. The van der Waals surface area contributed by atoms with Gasteiger partial charge in [0.15, 0.2) is 11.5 Å². The van der Waals surface area contributed by atoms with E-state index >= 15 is 0 Å². The van der Waals surface area contributed by atoms with Gasteiger partial charge in [-0.1, -0.05) is 30.7 Å². The third-order valence-electron chi connectivity index (χ3n) is 5.90. The van der Waals surface area contributed by atoms with Crippen molar-refractivity contribution < 1.29 is 22.7 Å². The van der Waals surface area contributed by atoms with Crippen LogP contribution in [-0.2, 0) is 21.2 Å². The molecule has 0 radical (unpaired) electrons. The van der Waals surface area contributed by atoms with Crippen LogP contribution in [0.2, 0.25) is 0 Å². The number of unbranched alkanes of at least 4 members (excludes halogenated alkanes) is 2. The summed E-state index contributed by atoms with van der Waals surface area (Å²) in [6.07, 6.45) is 5.77. The number of hydrogen-bond donors (Lipinski definition) is 2. The van der Waals surface area contributed by atoms with Gasteiger partial charge < -0.3 is 14.8 Å². The Hall–Kier alpha value is -2.58. The van der Waals surface area contributed by atoms with E-state index in [0.717, 1.165) is 32.1 Å². The molecule has 2 aromatic rings. The highest BCUT2D eigenvalue weighted by Crippen LogP contribution is 2.32. The van der Waals surface area contributed by atoms with Crippen molar-refractivity contribution in [3.8, 4) is 11.5 Å². The minimum atomic E-state index is -3.61. The summed E-state index contributed by atoms with van der Waals surface area (Å²) >= 11 is 0. The topological polar surface area (TPSA) is 93.7 Å². The van der Waals surface area contributed by atoms with Crippen molar-refractivity contribution in [1.29, 1.82) is 0 Å². The van der Waals surface area contributed by atoms with Crippen LogP contribution < -0.4 is 19.5 Å². The average Bonchev–Trinajstić information content (AvgIpc) is 2.81. The first-order valence-corrected chi connectivity index (χ1v) is 12.8. The Bertz CT molecular complexity index is 1050. The molecule has 2 aliphatic rings. The molecule has 0 spiro atoms. The molecule has 0 bridgehead atoms. The van der Waals surface area contributed by atoms with Gasteiger partial charge in [-0.2, -0.15) is 0 Å². The van der Waals surface area contributed by atoms with E-state index < -0.39 is 10.0 Å². The highest BCUT2D eigenvalue weighted by atomic mass is 32.2. The largest absolute Gasteiger partial charge is 0.486 e. The highest BCUT2D eigenvalue weighted by molar-refractivity contribution is 7.89. The molecule has 1 heterocycles. The highest BCUT2D eigenvalue weighted by Gasteiger charge is 2.21. The molecule has 1 aliphatic heterocycles. The number of fused-ring (bicyclic) bond motifs is 2. The van der Waals surface area contributed by atoms with E-state index in [1.54, 1.807) is 6.07 Å². The molecule has 172 valence electrons. The Morgan fingerprint density at radius 2 is 1.81 bits per heavy atom. The van der Waals surface area contributed by atoms with Crippen molar-refractivity contribution in [2.75, 3.05) is 19.8 Å². The number of aryl methyl sites for hydroxylation is 1. The maximum atomic E-state index is 12.5. The van der Waals surface area contributed by atoms with Crippen LogP contribution in [0.5, 0.6) is 11.5 Å². The number of nitrogens with one attached hydrogen (secondary N) is 2. The summed E-state index contributed by atoms with van der Waals surface area (Å²) in [5.41, 5.74) is 2.56. The van der Waals surface area contributed by atoms with Crippen molar-refractivity contribution in [1.82, 2.24) is 10.0 Å². The lowest BCUT2D eigenvalue weighted by molar-refractivity contribution is -0.122. The van der Waals surface area contributed by atoms with Gasteiger partial charge >= 0.3 is 0 Å². The second-order valence-electron chi connectivity index (χ2n) is 8.23. The van der Waals surface area contributed by atoms with Crippen molar-refractivity contribution in [2.45, 2.75) is 55.9 Å². The summed E-state index contributed by atoms with van der Waals surface area (Å²) < 4.78 is 38.5. The van der Waals surface area contributed by atoms with Gasteiger partial charge in [0.05, 0.1) is 10.9 Å². The normalized spacial score (nSPS) is 17.4. The maximum absolute atomic E-state index is 12.5. The molecular weight excluding hydrogens is 428 g/mol. The van der Waals surface area contributed by atoms with E-state index in [1.165, 1.54) is 23.3 Å². The second-order valence-corrected chi connectivity index (χ2v) is 9.99. The summed E-state index contributed by atoms with van der Waals surface area (Å²) in [5.74, 6) is 1.07. The maximum Gasteiger partial charge on any atom is 0.240 e. The molecule has 0 fully saturated rings. The standard InChI is InChI=1S/C24H30N2O5S/c27-24(26-21-10-6-8-18-7-3-4-9-20(18)21)11-2-1-5-14-25-32(28,29)19-12-13-22-23(17-19)31-16-15-30-22/h3-4,7,9,12-13,17,21,25H,1-2,5-6,8,10-11,14-16H2,(H,26,27). The summed E-state index contributed by atoms with van der Waals surface area (Å²) in [6.45, 7) is 1.20. The van der Waals surface area contributed by atoms with Crippen LogP contribution in [0.25, 0.3) is 0 Å². The van der Waals surface area contributed by atoms with E-state index in [9.17, 15) is 13.2 Å². The molecule has 0 saturated carbocycles. The Morgan fingerprint density at radius 1 is 1.00 bits per heavy atom. The van der Waals surface area contributed by atoms with Crippen LogP contribution in [0.15, 0.2) is 47.4 Å². The van der Waals surface area contributed by atoms with Gasteiger partial charge in [-0.25, -0.2) is 13.1 Å². The molecule has 1 aliphatic carbocycles. The number of benzene rings is 2. The molecule has 1 amide bonds. The first kappa shape index (κ1) is 22.6. The van der Waals surface area contributed by atoms with E-state index in [-0.39, 0.29) is 16.8 Å². The van der Waals surface area contributed by atoms with Crippen LogP contribution in [0, 0.1) is 0 Å². The molecule has 2 N–H and O–H groups in total. The fourth-order valence-corrected chi connectivity index (χ4v) is 5.33. The van der Waals surface area contributed by atoms with E-state index in [4.69, 9.17) is 9.47 Å². The Kier molecular flexibility index (Phi) is 7.32. The van der Waals surface area contributed by atoms with Crippen LogP contribution in [0.3, 0.4) is 0 Å². The smallest absolute Gasteiger partial charge is 0.240 e. The van der Waals surface area contributed by atoms with E-state index in [2.05, 4.69) is 22.2 Å². The zero-order chi connectivity index (χ0) is 22.4. The molecule has 2 aromatic carbocycles. The molecule has 1 unspecified atom stereocenters. The van der Waals surface area contributed by atoms with Gasteiger partial charge in [-0.3, -0.25) is 4.79 Å². The minimum Gasteiger partial charge on any atom is -0.486 e. The third-order valence-corrected chi connectivity index (χ3v) is 7.36. The Morgan fingerprint density at radius 3 is 2.69 bits per heavy atom. The van der Waals surface area contributed by atoms with Crippen LogP contribution in [-0.4, -0.2) is 34.1 Å². The summed E-state index contributed by atoms with van der Waals surface area (Å²) in [6, 6.07) is 13.0.